The molecule has 0 radical (unpaired) electrons. The quantitative estimate of drug-likeness (QED) is 0.744. The standard InChI is InChI=1S/C12H10O4/c1-6-3-7(2)10-8(4-6)5-9(11(13)14)12(15)16-10/h3-5H,1-2H3,(H,13,14). The summed E-state index contributed by atoms with van der Waals surface area (Å²) in [4.78, 5) is 22.1. The summed E-state index contributed by atoms with van der Waals surface area (Å²) in [6, 6.07) is 5.02. The van der Waals surface area contributed by atoms with Crippen molar-refractivity contribution in [2.75, 3.05) is 0 Å². The number of benzene rings is 1. The van der Waals surface area contributed by atoms with Crippen LogP contribution in [0.5, 0.6) is 0 Å². The summed E-state index contributed by atoms with van der Waals surface area (Å²) in [5.41, 5.74) is 1.12. The van der Waals surface area contributed by atoms with Crippen molar-refractivity contribution in [2.24, 2.45) is 0 Å². The zero-order valence-electron chi connectivity index (χ0n) is 8.90. The molecule has 0 aliphatic heterocycles. The van der Waals surface area contributed by atoms with Gasteiger partial charge in [-0.3, -0.25) is 0 Å². The number of carbonyl (C=O) groups is 1. The third-order valence-electron chi connectivity index (χ3n) is 2.39. The van der Waals surface area contributed by atoms with Crippen molar-refractivity contribution < 1.29 is 14.3 Å². The number of carboxylic acids is 1. The van der Waals surface area contributed by atoms with Crippen molar-refractivity contribution in [3.8, 4) is 0 Å². The summed E-state index contributed by atoms with van der Waals surface area (Å²) in [7, 11) is 0. The smallest absolute Gasteiger partial charge is 0.351 e. The van der Waals surface area contributed by atoms with Crippen LogP contribution in [0.4, 0.5) is 0 Å². The molecule has 0 amide bonds. The molecule has 1 aromatic carbocycles. The fourth-order valence-electron chi connectivity index (χ4n) is 1.75. The van der Waals surface area contributed by atoms with Gasteiger partial charge in [-0.15, -0.1) is 0 Å². The van der Waals surface area contributed by atoms with Gasteiger partial charge in [0.25, 0.3) is 0 Å². The van der Waals surface area contributed by atoms with E-state index in [-0.39, 0.29) is 5.56 Å². The van der Waals surface area contributed by atoms with Crippen LogP contribution in [0.1, 0.15) is 21.5 Å². The molecule has 1 N–H and O–H groups in total. The van der Waals surface area contributed by atoms with Crippen LogP contribution in [0.3, 0.4) is 0 Å². The largest absolute Gasteiger partial charge is 0.477 e. The van der Waals surface area contributed by atoms with Crippen LogP contribution in [-0.4, -0.2) is 11.1 Å². The minimum atomic E-state index is -1.27. The van der Waals surface area contributed by atoms with Crippen LogP contribution >= 0.6 is 0 Å². The second kappa shape index (κ2) is 3.48. The Bertz CT molecular complexity index is 637. The van der Waals surface area contributed by atoms with Gasteiger partial charge >= 0.3 is 11.6 Å². The number of aryl methyl sites for hydroxylation is 2. The van der Waals surface area contributed by atoms with Crippen LogP contribution in [0.15, 0.2) is 27.4 Å². The molecule has 2 rings (SSSR count). The van der Waals surface area contributed by atoms with Crippen molar-refractivity contribution in [3.63, 3.8) is 0 Å². The molecule has 1 aromatic heterocycles. The number of carboxylic acid groups (broad SMARTS) is 1. The van der Waals surface area contributed by atoms with Gasteiger partial charge in [0.2, 0.25) is 0 Å². The zero-order valence-corrected chi connectivity index (χ0v) is 8.90. The molecular formula is C12H10O4. The number of fused-ring (bicyclic) bond motifs is 1. The first-order valence-corrected chi connectivity index (χ1v) is 4.77. The van der Waals surface area contributed by atoms with E-state index in [0.29, 0.717) is 11.0 Å². The van der Waals surface area contributed by atoms with Gasteiger partial charge in [0.05, 0.1) is 0 Å². The Labute approximate surface area is 91.1 Å². The Hall–Kier alpha value is -2.10. The van der Waals surface area contributed by atoms with Gasteiger partial charge in [-0.05, 0) is 31.5 Å². The van der Waals surface area contributed by atoms with E-state index in [2.05, 4.69) is 0 Å². The maximum atomic E-state index is 11.4. The predicted molar refractivity (Wildman–Crippen MR) is 58.9 cm³/mol. The Morgan fingerprint density at radius 2 is 1.94 bits per heavy atom. The van der Waals surface area contributed by atoms with Crippen LogP contribution in [0, 0.1) is 13.8 Å². The summed E-state index contributed by atoms with van der Waals surface area (Å²) in [5, 5.41) is 9.44. The summed E-state index contributed by atoms with van der Waals surface area (Å²) in [6.45, 7) is 3.72. The molecular weight excluding hydrogens is 208 g/mol. The Morgan fingerprint density at radius 3 is 2.56 bits per heavy atom. The molecule has 0 unspecified atom stereocenters. The average Bonchev–Trinajstić information content (AvgIpc) is 2.18. The fraction of sp³-hybridized carbons (Fsp3) is 0.167. The van der Waals surface area contributed by atoms with Crippen molar-refractivity contribution in [2.45, 2.75) is 13.8 Å². The molecule has 0 fully saturated rings. The summed E-state index contributed by atoms with van der Waals surface area (Å²) in [5.74, 6) is -1.27. The molecule has 0 aliphatic rings. The van der Waals surface area contributed by atoms with Gasteiger partial charge < -0.3 is 9.52 Å². The zero-order chi connectivity index (χ0) is 11.9. The molecule has 0 spiro atoms. The van der Waals surface area contributed by atoms with E-state index in [9.17, 15) is 9.59 Å². The minimum absolute atomic E-state index is 0.336. The molecule has 0 aliphatic carbocycles. The molecule has 1 heterocycles. The maximum Gasteiger partial charge on any atom is 0.351 e. The van der Waals surface area contributed by atoms with E-state index < -0.39 is 11.6 Å². The fourth-order valence-corrected chi connectivity index (χ4v) is 1.75. The minimum Gasteiger partial charge on any atom is -0.477 e. The Morgan fingerprint density at radius 1 is 1.25 bits per heavy atom. The van der Waals surface area contributed by atoms with E-state index in [1.807, 2.05) is 19.9 Å². The molecule has 82 valence electrons. The van der Waals surface area contributed by atoms with Crippen molar-refractivity contribution in [1.29, 1.82) is 0 Å². The first kappa shape index (κ1) is 10.4. The molecule has 16 heavy (non-hydrogen) atoms. The van der Waals surface area contributed by atoms with Gasteiger partial charge in [-0.25, -0.2) is 9.59 Å². The highest BCUT2D eigenvalue weighted by Gasteiger charge is 2.13. The lowest BCUT2D eigenvalue weighted by molar-refractivity contribution is 0.0692. The number of aromatic carboxylic acids is 1. The SMILES string of the molecule is Cc1cc(C)c2oc(=O)c(C(=O)O)cc2c1. The Kier molecular flexibility index (Phi) is 2.27. The predicted octanol–water partition coefficient (Wildman–Crippen LogP) is 2.11. The average molecular weight is 218 g/mol. The lowest BCUT2D eigenvalue weighted by Crippen LogP contribution is -2.13. The number of rotatable bonds is 1. The van der Waals surface area contributed by atoms with E-state index in [1.165, 1.54) is 6.07 Å². The third kappa shape index (κ3) is 1.58. The second-order valence-electron chi connectivity index (χ2n) is 3.75. The first-order valence-electron chi connectivity index (χ1n) is 4.77. The number of hydrogen-bond acceptors (Lipinski definition) is 3. The highest BCUT2D eigenvalue weighted by Crippen LogP contribution is 2.19. The van der Waals surface area contributed by atoms with E-state index in [0.717, 1.165) is 11.1 Å². The first-order chi connectivity index (χ1) is 7.49. The molecule has 2 aromatic rings. The molecule has 0 saturated heterocycles. The molecule has 0 bridgehead atoms. The van der Waals surface area contributed by atoms with E-state index in [4.69, 9.17) is 9.52 Å². The monoisotopic (exact) mass is 218 g/mol. The molecule has 0 atom stereocenters. The highest BCUT2D eigenvalue weighted by molar-refractivity contribution is 5.92. The summed E-state index contributed by atoms with van der Waals surface area (Å²) >= 11 is 0. The van der Waals surface area contributed by atoms with Gasteiger partial charge in [0.15, 0.2) is 0 Å². The van der Waals surface area contributed by atoms with Gasteiger partial charge in [0, 0.05) is 5.39 Å². The summed E-state index contributed by atoms with van der Waals surface area (Å²) in [6.07, 6.45) is 0. The topological polar surface area (TPSA) is 67.5 Å². The molecule has 4 heteroatoms. The van der Waals surface area contributed by atoms with Gasteiger partial charge in [0.1, 0.15) is 11.1 Å². The normalized spacial score (nSPS) is 10.6. The van der Waals surface area contributed by atoms with Crippen LogP contribution in [0.25, 0.3) is 11.0 Å². The second-order valence-corrected chi connectivity index (χ2v) is 3.75. The van der Waals surface area contributed by atoms with Gasteiger partial charge in [-0.2, -0.15) is 0 Å². The van der Waals surface area contributed by atoms with Crippen molar-refractivity contribution in [3.05, 3.63) is 45.3 Å². The lowest BCUT2D eigenvalue weighted by Gasteiger charge is -2.03. The van der Waals surface area contributed by atoms with E-state index in [1.54, 1.807) is 6.07 Å². The van der Waals surface area contributed by atoms with Crippen LogP contribution < -0.4 is 5.63 Å². The molecule has 0 saturated carbocycles. The lowest BCUT2D eigenvalue weighted by atomic mass is 10.1. The number of hydrogen-bond donors (Lipinski definition) is 1. The van der Waals surface area contributed by atoms with Crippen molar-refractivity contribution >= 4 is 16.9 Å². The van der Waals surface area contributed by atoms with Crippen molar-refractivity contribution in [1.82, 2.24) is 0 Å². The third-order valence-corrected chi connectivity index (χ3v) is 2.39. The Balaban J connectivity index is 2.90. The maximum absolute atomic E-state index is 11.4. The van der Waals surface area contributed by atoms with Crippen LogP contribution in [-0.2, 0) is 0 Å². The highest BCUT2D eigenvalue weighted by atomic mass is 16.4. The van der Waals surface area contributed by atoms with Gasteiger partial charge in [-0.1, -0.05) is 11.6 Å². The molecule has 4 nitrogen and oxygen atoms in total. The summed E-state index contributed by atoms with van der Waals surface area (Å²) < 4.78 is 5.00. The van der Waals surface area contributed by atoms with E-state index >= 15 is 0 Å². The van der Waals surface area contributed by atoms with Crippen LogP contribution in [0.2, 0.25) is 0 Å².